The van der Waals surface area contributed by atoms with E-state index in [1.165, 1.54) is 12.1 Å². The number of phenolic OH excluding ortho intramolecular Hbond substituents is 1. The van der Waals surface area contributed by atoms with Crippen molar-refractivity contribution >= 4 is 11.9 Å². The lowest BCUT2D eigenvalue weighted by molar-refractivity contribution is -0.124. The fourth-order valence-electron chi connectivity index (χ4n) is 2.25. The molecule has 0 fully saturated rings. The lowest BCUT2D eigenvalue weighted by Gasteiger charge is -2.09. The largest absolute Gasteiger partial charge is 0.508 e. The maximum atomic E-state index is 11.9. The van der Waals surface area contributed by atoms with E-state index in [2.05, 4.69) is 5.32 Å². The molecule has 0 aliphatic carbocycles. The van der Waals surface area contributed by atoms with Gasteiger partial charge in [0, 0.05) is 6.54 Å². The molecule has 0 aromatic heterocycles. The number of nitrogens with one attached hydrogen (secondary N) is 1. The van der Waals surface area contributed by atoms with Gasteiger partial charge in [0.1, 0.15) is 11.5 Å². The SMILES string of the molecule is COc1ccccc1CCNC(=O)COC(=O)c1ccc(C)c(O)c1. The number of rotatable bonds is 7. The molecule has 0 heterocycles. The standard InChI is InChI=1S/C19H21NO5/c1-13-7-8-15(11-16(13)21)19(23)25-12-18(22)20-10-9-14-5-3-4-6-17(14)24-2/h3-8,11,21H,9-10,12H2,1-2H3,(H,20,22). The van der Waals surface area contributed by atoms with E-state index >= 15 is 0 Å². The van der Waals surface area contributed by atoms with Gasteiger partial charge >= 0.3 is 5.97 Å². The fourth-order valence-corrected chi connectivity index (χ4v) is 2.25. The number of methoxy groups -OCH3 is 1. The summed E-state index contributed by atoms with van der Waals surface area (Å²) in [4.78, 5) is 23.6. The maximum absolute atomic E-state index is 11.9. The fraction of sp³-hybridized carbons (Fsp3) is 0.263. The summed E-state index contributed by atoms with van der Waals surface area (Å²) in [6.45, 7) is 1.75. The molecule has 0 aliphatic heterocycles. The molecule has 0 bridgehead atoms. The van der Waals surface area contributed by atoms with Crippen molar-refractivity contribution in [1.82, 2.24) is 5.32 Å². The Hall–Kier alpha value is -3.02. The third kappa shape index (κ3) is 5.24. The first-order valence-corrected chi connectivity index (χ1v) is 7.86. The number of phenols is 1. The molecule has 2 rings (SSSR count). The van der Waals surface area contributed by atoms with E-state index in [1.54, 1.807) is 20.1 Å². The monoisotopic (exact) mass is 343 g/mol. The van der Waals surface area contributed by atoms with Crippen molar-refractivity contribution in [3.05, 3.63) is 59.2 Å². The van der Waals surface area contributed by atoms with Crippen molar-refractivity contribution in [1.29, 1.82) is 0 Å². The van der Waals surface area contributed by atoms with E-state index in [0.29, 0.717) is 18.5 Å². The van der Waals surface area contributed by atoms with Crippen LogP contribution in [0.1, 0.15) is 21.5 Å². The molecule has 2 aromatic rings. The summed E-state index contributed by atoms with van der Waals surface area (Å²) < 4.78 is 10.2. The number of hydrogen-bond acceptors (Lipinski definition) is 5. The highest BCUT2D eigenvalue weighted by Crippen LogP contribution is 2.18. The Morgan fingerprint density at radius 3 is 2.64 bits per heavy atom. The predicted octanol–water partition coefficient (Wildman–Crippen LogP) is 2.22. The van der Waals surface area contributed by atoms with Crippen LogP contribution in [0, 0.1) is 6.92 Å². The Bertz CT molecular complexity index is 757. The predicted molar refractivity (Wildman–Crippen MR) is 92.8 cm³/mol. The summed E-state index contributed by atoms with van der Waals surface area (Å²) in [6.07, 6.45) is 0.607. The Balaban J connectivity index is 1.76. The van der Waals surface area contributed by atoms with E-state index in [1.807, 2.05) is 24.3 Å². The van der Waals surface area contributed by atoms with Gasteiger partial charge in [-0.1, -0.05) is 24.3 Å². The molecule has 0 unspecified atom stereocenters. The molecule has 0 spiro atoms. The van der Waals surface area contributed by atoms with E-state index in [0.717, 1.165) is 11.3 Å². The first kappa shape index (κ1) is 18.3. The van der Waals surface area contributed by atoms with Gasteiger partial charge in [-0.2, -0.15) is 0 Å². The van der Waals surface area contributed by atoms with Gasteiger partial charge in [0.2, 0.25) is 0 Å². The average molecular weight is 343 g/mol. The topological polar surface area (TPSA) is 84.9 Å². The highest BCUT2D eigenvalue weighted by Gasteiger charge is 2.11. The zero-order valence-electron chi connectivity index (χ0n) is 14.2. The minimum Gasteiger partial charge on any atom is -0.508 e. The molecule has 25 heavy (non-hydrogen) atoms. The molecule has 0 atom stereocenters. The number of aryl methyl sites for hydroxylation is 1. The van der Waals surface area contributed by atoms with E-state index < -0.39 is 5.97 Å². The molecule has 0 saturated carbocycles. The second-order valence-corrected chi connectivity index (χ2v) is 5.49. The normalized spacial score (nSPS) is 10.2. The van der Waals surface area contributed by atoms with Crippen molar-refractivity contribution in [2.45, 2.75) is 13.3 Å². The molecule has 0 saturated heterocycles. The maximum Gasteiger partial charge on any atom is 0.338 e. The minimum absolute atomic E-state index is 0.00992. The van der Waals surface area contributed by atoms with Crippen LogP contribution in [0.4, 0.5) is 0 Å². The van der Waals surface area contributed by atoms with Gasteiger partial charge in [-0.15, -0.1) is 0 Å². The smallest absolute Gasteiger partial charge is 0.338 e. The van der Waals surface area contributed by atoms with Crippen LogP contribution in [-0.4, -0.2) is 37.2 Å². The van der Waals surface area contributed by atoms with Crippen molar-refractivity contribution in [2.24, 2.45) is 0 Å². The summed E-state index contributed by atoms with van der Waals surface area (Å²) in [7, 11) is 1.60. The summed E-state index contributed by atoms with van der Waals surface area (Å²) in [6, 6.07) is 12.0. The van der Waals surface area contributed by atoms with Crippen LogP contribution in [0.2, 0.25) is 0 Å². The second-order valence-electron chi connectivity index (χ2n) is 5.49. The van der Waals surface area contributed by atoms with Gasteiger partial charge in [-0.05, 0) is 42.7 Å². The van der Waals surface area contributed by atoms with Crippen molar-refractivity contribution in [3.63, 3.8) is 0 Å². The number of hydrogen-bond donors (Lipinski definition) is 2. The summed E-state index contributed by atoms with van der Waals surface area (Å²) in [5, 5.41) is 12.3. The quantitative estimate of drug-likeness (QED) is 0.753. The Morgan fingerprint density at radius 2 is 1.92 bits per heavy atom. The zero-order chi connectivity index (χ0) is 18.2. The number of carbonyl (C=O) groups is 2. The zero-order valence-corrected chi connectivity index (χ0v) is 14.2. The minimum atomic E-state index is -0.657. The van der Waals surface area contributed by atoms with Gasteiger partial charge in [0.15, 0.2) is 6.61 Å². The third-order valence-electron chi connectivity index (χ3n) is 3.69. The number of esters is 1. The lowest BCUT2D eigenvalue weighted by Crippen LogP contribution is -2.30. The summed E-state index contributed by atoms with van der Waals surface area (Å²) >= 11 is 0. The summed E-state index contributed by atoms with van der Waals surface area (Å²) in [5.74, 6) is -0.271. The number of aromatic hydroxyl groups is 1. The van der Waals surface area contributed by atoms with Crippen LogP contribution in [0.15, 0.2) is 42.5 Å². The van der Waals surface area contributed by atoms with Crippen molar-refractivity contribution < 1.29 is 24.2 Å². The molecular weight excluding hydrogens is 322 g/mol. The van der Waals surface area contributed by atoms with E-state index in [4.69, 9.17) is 9.47 Å². The van der Waals surface area contributed by atoms with Crippen LogP contribution in [0.25, 0.3) is 0 Å². The van der Waals surface area contributed by atoms with E-state index in [-0.39, 0.29) is 23.8 Å². The van der Waals surface area contributed by atoms with Crippen LogP contribution >= 0.6 is 0 Å². The van der Waals surface area contributed by atoms with Crippen molar-refractivity contribution in [2.75, 3.05) is 20.3 Å². The molecule has 0 aliphatic rings. The third-order valence-corrected chi connectivity index (χ3v) is 3.69. The number of para-hydroxylation sites is 1. The molecule has 2 aromatic carbocycles. The first-order chi connectivity index (χ1) is 12.0. The Kier molecular flexibility index (Phi) is 6.39. The number of ether oxygens (including phenoxy) is 2. The lowest BCUT2D eigenvalue weighted by atomic mass is 10.1. The number of carbonyl (C=O) groups excluding carboxylic acids is 2. The van der Waals surface area contributed by atoms with Crippen LogP contribution in [-0.2, 0) is 16.0 Å². The van der Waals surface area contributed by atoms with Crippen LogP contribution in [0.5, 0.6) is 11.5 Å². The molecule has 0 radical (unpaired) electrons. The summed E-state index contributed by atoms with van der Waals surface area (Å²) in [5.41, 5.74) is 1.84. The van der Waals surface area contributed by atoms with Gasteiger partial charge in [0.05, 0.1) is 12.7 Å². The van der Waals surface area contributed by atoms with Crippen molar-refractivity contribution in [3.8, 4) is 11.5 Å². The molecule has 2 N–H and O–H groups in total. The van der Waals surface area contributed by atoms with E-state index in [9.17, 15) is 14.7 Å². The van der Waals surface area contributed by atoms with Gasteiger partial charge in [-0.25, -0.2) is 4.79 Å². The first-order valence-electron chi connectivity index (χ1n) is 7.86. The molecular formula is C19H21NO5. The Morgan fingerprint density at radius 1 is 1.16 bits per heavy atom. The highest BCUT2D eigenvalue weighted by molar-refractivity contribution is 5.91. The van der Waals surface area contributed by atoms with Gasteiger partial charge < -0.3 is 19.9 Å². The molecule has 132 valence electrons. The highest BCUT2D eigenvalue weighted by atomic mass is 16.5. The molecule has 6 heteroatoms. The van der Waals surface area contributed by atoms with Crippen LogP contribution < -0.4 is 10.1 Å². The van der Waals surface area contributed by atoms with Crippen LogP contribution in [0.3, 0.4) is 0 Å². The average Bonchev–Trinajstić information content (AvgIpc) is 2.62. The second kappa shape index (κ2) is 8.73. The van der Waals surface area contributed by atoms with Gasteiger partial charge in [0.25, 0.3) is 5.91 Å². The number of benzene rings is 2. The Labute approximate surface area is 146 Å². The molecule has 6 nitrogen and oxygen atoms in total. The number of amides is 1. The molecule has 1 amide bonds. The van der Waals surface area contributed by atoms with Gasteiger partial charge in [-0.3, -0.25) is 4.79 Å².